The Morgan fingerprint density at radius 2 is 1.96 bits per heavy atom. The van der Waals surface area contributed by atoms with Gasteiger partial charge < -0.3 is 10.6 Å². The van der Waals surface area contributed by atoms with Crippen molar-refractivity contribution in [2.45, 2.75) is 25.4 Å². The van der Waals surface area contributed by atoms with E-state index < -0.39 is 12.1 Å². The van der Waals surface area contributed by atoms with Gasteiger partial charge >= 0.3 is 6.03 Å². The van der Waals surface area contributed by atoms with Gasteiger partial charge in [-0.15, -0.1) is 0 Å². The fourth-order valence-electron chi connectivity index (χ4n) is 2.81. The van der Waals surface area contributed by atoms with Gasteiger partial charge in [-0.3, -0.25) is 19.2 Å². The van der Waals surface area contributed by atoms with Crippen LogP contribution in [0.3, 0.4) is 0 Å². The summed E-state index contributed by atoms with van der Waals surface area (Å²) in [6.45, 7) is 1.26. The second-order valence-electron chi connectivity index (χ2n) is 6.05. The minimum Gasteiger partial charge on any atom is -0.354 e. The lowest BCUT2D eigenvalue weighted by Gasteiger charge is -2.13. The Bertz CT molecular complexity index is 760. The smallest absolute Gasteiger partial charge is 0.324 e. The van der Waals surface area contributed by atoms with E-state index in [0.29, 0.717) is 26.1 Å². The van der Waals surface area contributed by atoms with Crippen LogP contribution in [0.2, 0.25) is 0 Å². The fourth-order valence-corrected chi connectivity index (χ4v) is 2.81. The molecule has 3 rings (SSSR count). The summed E-state index contributed by atoms with van der Waals surface area (Å²) in [4.78, 5) is 37.6. The molecule has 0 unspecified atom stereocenters. The first kappa shape index (κ1) is 17.7. The number of imide groups is 1. The molecule has 8 heteroatoms. The van der Waals surface area contributed by atoms with Crippen LogP contribution in [0, 0.1) is 0 Å². The van der Waals surface area contributed by atoms with E-state index in [1.807, 2.05) is 30.3 Å². The van der Waals surface area contributed by atoms with Gasteiger partial charge in [0.15, 0.2) is 0 Å². The predicted molar refractivity (Wildman–Crippen MR) is 94.0 cm³/mol. The van der Waals surface area contributed by atoms with E-state index in [2.05, 4.69) is 15.7 Å². The standard InChI is InChI=1S/C18H21N5O3/c24-16(19-9-12-22-10-4-8-20-22)13-15-17(25)23(18(26)21-15)11-7-14-5-2-1-3-6-14/h1-6,8,10,15H,7,9,11-13H2,(H,19,24)(H,21,26)/t15-/m1/s1. The maximum absolute atomic E-state index is 12.4. The summed E-state index contributed by atoms with van der Waals surface area (Å²) in [6.07, 6.45) is 3.99. The zero-order chi connectivity index (χ0) is 18.4. The molecule has 1 aliphatic heterocycles. The molecule has 1 fully saturated rings. The molecule has 0 spiro atoms. The van der Waals surface area contributed by atoms with Gasteiger partial charge in [-0.1, -0.05) is 30.3 Å². The molecular weight excluding hydrogens is 334 g/mol. The van der Waals surface area contributed by atoms with Gasteiger partial charge in [-0.25, -0.2) is 4.79 Å². The number of hydrogen-bond acceptors (Lipinski definition) is 4. The molecule has 2 N–H and O–H groups in total. The summed E-state index contributed by atoms with van der Waals surface area (Å²) >= 11 is 0. The van der Waals surface area contributed by atoms with Crippen LogP contribution in [0.4, 0.5) is 4.79 Å². The fraction of sp³-hybridized carbons (Fsp3) is 0.333. The van der Waals surface area contributed by atoms with Gasteiger partial charge in [0.25, 0.3) is 5.91 Å². The Kier molecular flexibility index (Phi) is 5.62. The Morgan fingerprint density at radius 3 is 2.69 bits per heavy atom. The summed E-state index contributed by atoms with van der Waals surface area (Å²) in [7, 11) is 0. The molecule has 0 bridgehead atoms. The first-order valence-electron chi connectivity index (χ1n) is 8.53. The molecule has 26 heavy (non-hydrogen) atoms. The third-order valence-electron chi connectivity index (χ3n) is 4.19. The largest absolute Gasteiger partial charge is 0.354 e. The Hall–Kier alpha value is -3.16. The molecule has 0 radical (unpaired) electrons. The van der Waals surface area contributed by atoms with E-state index in [-0.39, 0.29) is 18.2 Å². The van der Waals surface area contributed by atoms with Gasteiger partial charge in [-0.05, 0) is 18.1 Å². The highest BCUT2D eigenvalue weighted by atomic mass is 16.2. The Labute approximate surface area is 151 Å². The predicted octanol–water partition coefficient (Wildman–Crippen LogP) is 0.552. The number of amides is 4. The van der Waals surface area contributed by atoms with Crippen molar-refractivity contribution >= 4 is 17.8 Å². The lowest BCUT2D eigenvalue weighted by atomic mass is 10.1. The van der Waals surface area contributed by atoms with Crippen molar-refractivity contribution < 1.29 is 14.4 Å². The van der Waals surface area contributed by atoms with Crippen LogP contribution in [0.1, 0.15) is 12.0 Å². The number of carbonyl (C=O) groups excluding carboxylic acids is 3. The van der Waals surface area contributed by atoms with E-state index in [4.69, 9.17) is 0 Å². The zero-order valence-corrected chi connectivity index (χ0v) is 14.3. The van der Waals surface area contributed by atoms with Crippen molar-refractivity contribution in [2.75, 3.05) is 13.1 Å². The molecule has 1 saturated heterocycles. The number of hydrogen-bond donors (Lipinski definition) is 2. The Morgan fingerprint density at radius 1 is 1.15 bits per heavy atom. The molecule has 1 aromatic heterocycles. The van der Waals surface area contributed by atoms with E-state index in [1.165, 1.54) is 4.90 Å². The van der Waals surface area contributed by atoms with Crippen molar-refractivity contribution in [2.24, 2.45) is 0 Å². The third kappa shape index (κ3) is 4.47. The summed E-state index contributed by atoms with van der Waals surface area (Å²) in [5.74, 6) is -0.631. The molecule has 1 aromatic carbocycles. The van der Waals surface area contributed by atoms with Crippen molar-refractivity contribution in [1.82, 2.24) is 25.3 Å². The summed E-state index contributed by atoms with van der Waals surface area (Å²) < 4.78 is 1.70. The molecule has 1 atom stereocenters. The highest BCUT2D eigenvalue weighted by Crippen LogP contribution is 2.11. The van der Waals surface area contributed by atoms with Gasteiger partial charge in [0.1, 0.15) is 6.04 Å². The maximum Gasteiger partial charge on any atom is 0.324 e. The molecule has 0 aliphatic carbocycles. The summed E-state index contributed by atoms with van der Waals surface area (Å²) in [6, 6.07) is 10.2. The summed E-state index contributed by atoms with van der Waals surface area (Å²) in [5.41, 5.74) is 1.05. The van der Waals surface area contributed by atoms with Crippen LogP contribution in [-0.2, 0) is 22.6 Å². The van der Waals surface area contributed by atoms with E-state index in [1.54, 1.807) is 23.1 Å². The maximum atomic E-state index is 12.4. The van der Waals surface area contributed by atoms with Crippen LogP contribution < -0.4 is 10.6 Å². The second-order valence-corrected chi connectivity index (χ2v) is 6.05. The number of urea groups is 1. The van der Waals surface area contributed by atoms with Crippen molar-refractivity contribution in [3.8, 4) is 0 Å². The highest BCUT2D eigenvalue weighted by molar-refractivity contribution is 6.05. The normalized spacial score (nSPS) is 16.6. The number of aromatic nitrogens is 2. The van der Waals surface area contributed by atoms with Gasteiger partial charge in [0, 0.05) is 25.5 Å². The lowest BCUT2D eigenvalue weighted by Crippen LogP contribution is -2.37. The first-order valence-corrected chi connectivity index (χ1v) is 8.53. The highest BCUT2D eigenvalue weighted by Gasteiger charge is 2.38. The molecule has 136 valence electrons. The SMILES string of the molecule is O=C(C[C@H]1NC(=O)N(CCc2ccccc2)C1=O)NCCn1cccn1. The van der Waals surface area contributed by atoms with Crippen molar-refractivity contribution in [3.05, 3.63) is 54.4 Å². The molecule has 8 nitrogen and oxygen atoms in total. The zero-order valence-electron chi connectivity index (χ0n) is 14.3. The molecule has 1 aliphatic rings. The number of rotatable bonds is 8. The van der Waals surface area contributed by atoms with Crippen LogP contribution in [0.5, 0.6) is 0 Å². The monoisotopic (exact) mass is 355 g/mol. The van der Waals surface area contributed by atoms with Crippen LogP contribution >= 0.6 is 0 Å². The minimum atomic E-state index is -0.803. The average molecular weight is 355 g/mol. The van der Waals surface area contributed by atoms with E-state index in [0.717, 1.165) is 5.56 Å². The van der Waals surface area contributed by atoms with Crippen LogP contribution in [-0.4, -0.2) is 51.7 Å². The number of carbonyl (C=O) groups is 3. The molecule has 4 amide bonds. The first-order chi connectivity index (χ1) is 12.6. The third-order valence-corrected chi connectivity index (χ3v) is 4.19. The quantitative estimate of drug-likeness (QED) is 0.676. The average Bonchev–Trinajstić information content (AvgIpc) is 3.23. The van der Waals surface area contributed by atoms with E-state index >= 15 is 0 Å². The van der Waals surface area contributed by atoms with Gasteiger partial charge in [0.05, 0.1) is 13.0 Å². The van der Waals surface area contributed by atoms with Crippen LogP contribution in [0.25, 0.3) is 0 Å². The van der Waals surface area contributed by atoms with Crippen LogP contribution in [0.15, 0.2) is 48.8 Å². The van der Waals surface area contributed by atoms with Gasteiger partial charge in [0.2, 0.25) is 5.91 Å². The number of nitrogens with zero attached hydrogens (tertiary/aromatic N) is 3. The lowest BCUT2D eigenvalue weighted by molar-refractivity contribution is -0.130. The topological polar surface area (TPSA) is 96.3 Å². The Balaban J connectivity index is 1.44. The minimum absolute atomic E-state index is 0.0640. The molecular formula is C18H21N5O3. The molecule has 0 saturated carbocycles. The number of benzene rings is 1. The second kappa shape index (κ2) is 8.28. The molecule has 2 aromatic rings. The molecule has 2 heterocycles. The van der Waals surface area contributed by atoms with Crippen molar-refractivity contribution in [1.29, 1.82) is 0 Å². The van der Waals surface area contributed by atoms with Crippen molar-refractivity contribution in [3.63, 3.8) is 0 Å². The van der Waals surface area contributed by atoms with Gasteiger partial charge in [-0.2, -0.15) is 5.10 Å². The van der Waals surface area contributed by atoms with E-state index in [9.17, 15) is 14.4 Å². The number of nitrogens with one attached hydrogen (secondary N) is 2. The summed E-state index contributed by atoms with van der Waals surface area (Å²) in [5, 5.41) is 9.36.